The van der Waals surface area contributed by atoms with Gasteiger partial charge in [-0.25, -0.2) is 4.39 Å². The molecule has 6 nitrogen and oxygen atoms in total. The maximum atomic E-state index is 13.3. The van der Waals surface area contributed by atoms with Gasteiger partial charge in [0.15, 0.2) is 0 Å². The molecule has 1 aliphatic heterocycles. The molecule has 0 saturated carbocycles. The molecule has 0 radical (unpaired) electrons. The third kappa shape index (κ3) is 2.20. The number of carbonyl (C=O) groups is 1. The number of rotatable bonds is 1. The number of benzene rings is 1. The Morgan fingerprint density at radius 2 is 2.17 bits per heavy atom. The number of pyridine rings is 1. The van der Waals surface area contributed by atoms with Crippen molar-refractivity contribution >= 4 is 16.9 Å². The third-order valence-electron chi connectivity index (χ3n) is 4.48. The molecular weight excluding hydrogens is 311 g/mol. The van der Waals surface area contributed by atoms with Gasteiger partial charge in [0.2, 0.25) is 5.43 Å². The first-order valence-electron chi connectivity index (χ1n) is 7.64. The smallest absolute Gasteiger partial charge is 0.259 e. The lowest BCUT2D eigenvalue weighted by Gasteiger charge is -2.28. The van der Waals surface area contributed by atoms with E-state index in [0.29, 0.717) is 30.5 Å². The van der Waals surface area contributed by atoms with E-state index in [1.807, 2.05) is 0 Å². The summed E-state index contributed by atoms with van der Waals surface area (Å²) in [5, 5.41) is 4.42. The van der Waals surface area contributed by atoms with Crippen LogP contribution in [-0.4, -0.2) is 32.1 Å². The molecule has 0 fully saturated rings. The fraction of sp³-hybridized carbons (Fsp3) is 0.235. The van der Waals surface area contributed by atoms with Crippen LogP contribution in [0, 0.1) is 5.82 Å². The van der Waals surface area contributed by atoms with Crippen LogP contribution in [0.4, 0.5) is 4.39 Å². The number of halogens is 1. The molecule has 3 aromatic rings. The number of H-pyrrole nitrogens is 1. The molecule has 122 valence electrons. The molecule has 0 spiro atoms. The largest absolute Gasteiger partial charge is 0.345 e. The van der Waals surface area contributed by atoms with Crippen LogP contribution >= 0.6 is 0 Å². The zero-order chi connectivity index (χ0) is 16.8. The Labute approximate surface area is 136 Å². The first kappa shape index (κ1) is 14.6. The number of aromatic amines is 1. The molecule has 0 aliphatic carbocycles. The van der Waals surface area contributed by atoms with E-state index < -0.39 is 0 Å². The van der Waals surface area contributed by atoms with Gasteiger partial charge < -0.3 is 9.88 Å². The van der Waals surface area contributed by atoms with Gasteiger partial charge in [0.25, 0.3) is 5.91 Å². The summed E-state index contributed by atoms with van der Waals surface area (Å²) in [7, 11) is 1.72. The van der Waals surface area contributed by atoms with Gasteiger partial charge in [0, 0.05) is 26.3 Å². The van der Waals surface area contributed by atoms with Gasteiger partial charge in [-0.05, 0) is 29.7 Å². The quantitative estimate of drug-likeness (QED) is 0.738. The molecule has 2 aromatic heterocycles. The Balaban J connectivity index is 1.68. The fourth-order valence-corrected chi connectivity index (χ4v) is 3.15. The highest BCUT2D eigenvalue weighted by Crippen LogP contribution is 2.21. The van der Waals surface area contributed by atoms with E-state index in [9.17, 15) is 14.0 Å². The Morgan fingerprint density at radius 1 is 1.33 bits per heavy atom. The first-order chi connectivity index (χ1) is 11.5. The summed E-state index contributed by atoms with van der Waals surface area (Å²) in [6.45, 7) is 0.832. The number of aryl methyl sites for hydroxylation is 1. The van der Waals surface area contributed by atoms with E-state index in [4.69, 9.17) is 0 Å². The molecule has 4 rings (SSSR count). The normalized spacial score (nSPS) is 14.0. The molecule has 7 heteroatoms. The average Bonchev–Trinajstić information content (AvgIpc) is 2.96. The van der Waals surface area contributed by atoms with E-state index >= 15 is 0 Å². The predicted octanol–water partition coefficient (Wildman–Crippen LogP) is 1.60. The Kier molecular flexibility index (Phi) is 3.23. The van der Waals surface area contributed by atoms with Crippen LogP contribution in [0.3, 0.4) is 0 Å². The summed E-state index contributed by atoms with van der Waals surface area (Å²) in [4.78, 5) is 29.9. The van der Waals surface area contributed by atoms with Gasteiger partial charge in [-0.15, -0.1) is 0 Å². The van der Waals surface area contributed by atoms with Crippen molar-refractivity contribution in [3.63, 3.8) is 0 Å². The molecule has 24 heavy (non-hydrogen) atoms. The number of fused-ring (bicyclic) bond motifs is 2. The standard InChI is InChI=1S/C17H15FN4O2/c1-21-16-13(8-20-21)15(23)14(7-19-16)17(24)22-5-4-10-6-12(18)3-2-11(10)9-22/h2-3,6-8H,4-5,9H2,1H3,(H,19,23). The van der Waals surface area contributed by atoms with Crippen molar-refractivity contribution in [3.05, 3.63) is 63.3 Å². The topological polar surface area (TPSA) is 71.0 Å². The molecule has 0 atom stereocenters. The van der Waals surface area contributed by atoms with Crippen LogP contribution in [0.2, 0.25) is 0 Å². The summed E-state index contributed by atoms with van der Waals surface area (Å²) in [5.74, 6) is -0.594. The molecule has 3 heterocycles. The number of hydrogen-bond donors (Lipinski definition) is 1. The summed E-state index contributed by atoms with van der Waals surface area (Å²) in [5.41, 5.74) is 2.18. The van der Waals surface area contributed by atoms with Crippen molar-refractivity contribution in [2.45, 2.75) is 13.0 Å². The summed E-state index contributed by atoms with van der Waals surface area (Å²) in [6.07, 6.45) is 3.47. The van der Waals surface area contributed by atoms with Gasteiger partial charge in [0.05, 0.1) is 11.6 Å². The fourth-order valence-electron chi connectivity index (χ4n) is 3.15. The van der Waals surface area contributed by atoms with E-state index in [1.54, 1.807) is 22.7 Å². The molecule has 1 N–H and O–H groups in total. The zero-order valence-electron chi connectivity index (χ0n) is 13.0. The van der Waals surface area contributed by atoms with Crippen LogP contribution in [0.1, 0.15) is 21.5 Å². The Hall–Kier alpha value is -2.96. The minimum atomic E-state index is -0.327. The number of aromatic nitrogens is 3. The van der Waals surface area contributed by atoms with Crippen molar-refractivity contribution in [2.24, 2.45) is 7.05 Å². The highest BCUT2D eigenvalue weighted by molar-refractivity contribution is 5.96. The number of carbonyl (C=O) groups excluding carboxylic acids is 1. The minimum absolute atomic E-state index is 0.0982. The minimum Gasteiger partial charge on any atom is -0.345 e. The van der Waals surface area contributed by atoms with Crippen molar-refractivity contribution in [2.75, 3.05) is 6.54 Å². The average molecular weight is 326 g/mol. The maximum Gasteiger partial charge on any atom is 0.259 e. The van der Waals surface area contributed by atoms with Crippen LogP contribution < -0.4 is 5.43 Å². The highest BCUT2D eigenvalue weighted by Gasteiger charge is 2.24. The van der Waals surface area contributed by atoms with Crippen LogP contribution in [0.25, 0.3) is 11.0 Å². The van der Waals surface area contributed by atoms with E-state index in [1.165, 1.54) is 24.5 Å². The molecule has 0 bridgehead atoms. The van der Waals surface area contributed by atoms with Crippen molar-refractivity contribution in [1.29, 1.82) is 0 Å². The first-order valence-corrected chi connectivity index (χ1v) is 7.64. The second kappa shape index (κ2) is 5.30. The van der Waals surface area contributed by atoms with Gasteiger partial charge >= 0.3 is 0 Å². The van der Waals surface area contributed by atoms with E-state index in [-0.39, 0.29) is 22.7 Å². The van der Waals surface area contributed by atoms with Crippen molar-refractivity contribution in [3.8, 4) is 0 Å². The zero-order valence-corrected chi connectivity index (χ0v) is 13.0. The highest BCUT2D eigenvalue weighted by atomic mass is 19.1. The Morgan fingerprint density at radius 3 is 3.00 bits per heavy atom. The SMILES string of the molecule is Cn1ncc2c(=O)c(C(=O)N3CCc4cc(F)ccc4C3)c[nH]c21. The maximum absolute atomic E-state index is 13.3. The van der Waals surface area contributed by atoms with E-state index in [0.717, 1.165) is 11.1 Å². The van der Waals surface area contributed by atoms with Crippen LogP contribution in [0.5, 0.6) is 0 Å². The van der Waals surface area contributed by atoms with Crippen molar-refractivity contribution in [1.82, 2.24) is 19.7 Å². The van der Waals surface area contributed by atoms with Crippen molar-refractivity contribution < 1.29 is 9.18 Å². The monoisotopic (exact) mass is 326 g/mol. The van der Waals surface area contributed by atoms with Gasteiger partial charge in [-0.1, -0.05) is 6.07 Å². The van der Waals surface area contributed by atoms with Crippen LogP contribution in [-0.2, 0) is 20.0 Å². The van der Waals surface area contributed by atoms with Gasteiger partial charge in [0.1, 0.15) is 17.0 Å². The summed E-state index contributed by atoms with van der Waals surface area (Å²) >= 11 is 0. The molecule has 1 aliphatic rings. The molecule has 0 unspecified atom stereocenters. The number of amides is 1. The lowest BCUT2D eigenvalue weighted by Crippen LogP contribution is -2.38. The lowest BCUT2D eigenvalue weighted by molar-refractivity contribution is 0.0733. The number of hydrogen-bond acceptors (Lipinski definition) is 3. The summed E-state index contributed by atoms with van der Waals surface area (Å²) in [6, 6.07) is 4.59. The molecular formula is C17H15FN4O2. The second-order valence-corrected chi connectivity index (χ2v) is 5.95. The summed E-state index contributed by atoms with van der Waals surface area (Å²) < 4.78 is 14.8. The second-order valence-electron chi connectivity index (χ2n) is 5.95. The number of nitrogens with zero attached hydrogens (tertiary/aromatic N) is 3. The predicted molar refractivity (Wildman–Crippen MR) is 86.2 cm³/mol. The van der Waals surface area contributed by atoms with Gasteiger partial charge in [-0.2, -0.15) is 5.10 Å². The third-order valence-corrected chi connectivity index (χ3v) is 4.48. The molecule has 1 aromatic carbocycles. The van der Waals surface area contributed by atoms with Gasteiger partial charge in [-0.3, -0.25) is 14.3 Å². The van der Waals surface area contributed by atoms with E-state index in [2.05, 4.69) is 10.1 Å². The number of nitrogens with one attached hydrogen (secondary N) is 1. The lowest BCUT2D eigenvalue weighted by atomic mass is 9.99. The van der Waals surface area contributed by atoms with Crippen LogP contribution in [0.15, 0.2) is 35.4 Å². The molecule has 1 amide bonds. The molecule has 0 saturated heterocycles. The Bertz CT molecular complexity index is 1020.